The highest BCUT2D eigenvalue weighted by molar-refractivity contribution is 5.69. The van der Waals surface area contributed by atoms with Crippen molar-refractivity contribution in [2.75, 3.05) is 25.9 Å². The zero-order valence-corrected chi connectivity index (χ0v) is 11.2. The Morgan fingerprint density at radius 2 is 2.11 bits per heavy atom. The summed E-state index contributed by atoms with van der Waals surface area (Å²) in [6.45, 7) is 4.75. The van der Waals surface area contributed by atoms with E-state index in [1.54, 1.807) is 0 Å². The van der Waals surface area contributed by atoms with Crippen LogP contribution in [0.1, 0.15) is 25.3 Å². The van der Waals surface area contributed by atoms with E-state index in [-0.39, 0.29) is 5.97 Å². The van der Waals surface area contributed by atoms with Crippen LogP contribution in [0, 0.1) is 0 Å². The highest BCUT2D eigenvalue weighted by Crippen LogP contribution is 2.13. The van der Waals surface area contributed by atoms with Crippen LogP contribution in [0.2, 0.25) is 0 Å². The maximum absolute atomic E-state index is 11.0. The highest BCUT2D eigenvalue weighted by Gasteiger charge is 2.07. The van der Waals surface area contributed by atoms with Gasteiger partial charge in [-0.15, -0.1) is 0 Å². The van der Waals surface area contributed by atoms with Gasteiger partial charge >= 0.3 is 5.97 Å². The molecule has 18 heavy (non-hydrogen) atoms. The normalized spacial score (nSPS) is 10.6. The van der Waals surface area contributed by atoms with Gasteiger partial charge in [0.05, 0.1) is 7.11 Å². The van der Waals surface area contributed by atoms with Crippen LogP contribution in [-0.2, 0) is 16.1 Å². The van der Waals surface area contributed by atoms with E-state index in [2.05, 4.69) is 16.6 Å². The number of carbonyl (C=O) groups is 1. The first-order valence-corrected chi connectivity index (χ1v) is 6.30. The molecule has 0 bridgehead atoms. The molecule has 1 aromatic carbocycles. The molecule has 1 rings (SSSR count). The topological polar surface area (TPSA) is 55.6 Å². The van der Waals surface area contributed by atoms with Gasteiger partial charge in [-0.1, -0.05) is 25.1 Å². The van der Waals surface area contributed by atoms with Crippen molar-refractivity contribution in [2.24, 2.45) is 0 Å². The second-order valence-electron chi connectivity index (χ2n) is 4.25. The van der Waals surface area contributed by atoms with E-state index < -0.39 is 0 Å². The minimum atomic E-state index is -0.148. The van der Waals surface area contributed by atoms with E-state index in [9.17, 15) is 4.79 Å². The average molecular weight is 250 g/mol. The molecule has 0 heterocycles. The molecule has 0 atom stereocenters. The summed E-state index contributed by atoms with van der Waals surface area (Å²) < 4.78 is 4.63. The van der Waals surface area contributed by atoms with Crippen molar-refractivity contribution in [2.45, 2.75) is 26.3 Å². The number of methoxy groups -OCH3 is 1. The third kappa shape index (κ3) is 4.75. The molecule has 0 aromatic heterocycles. The molecule has 0 aliphatic carbocycles. The number of nitrogens with two attached hydrogens (primary N) is 1. The third-order valence-electron chi connectivity index (χ3n) is 2.98. The highest BCUT2D eigenvalue weighted by atomic mass is 16.5. The van der Waals surface area contributed by atoms with Gasteiger partial charge in [0.15, 0.2) is 0 Å². The van der Waals surface area contributed by atoms with Crippen molar-refractivity contribution in [3.8, 4) is 0 Å². The van der Waals surface area contributed by atoms with Crippen molar-refractivity contribution in [3.63, 3.8) is 0 Å². The molecule has 0 spiro atoms. The van der Waals surface area contributed by atoms with Crippen LogP contribution in [0.5, 0.6) is 0 Å². The second-order valence-corrected chi connectivity index (χ2v) is 4.25. The van der Waals surface area contributed by atoms with Crippen molar-refractivity contribution in [1.82, 2.24) is 4.90 Å². The maximum Gasteiger partial charge on any atom is 0.305 e. The fourth-order valence-electron chi connectivity index (χ4n) is 1.82. The van der Waals surface area contributed by atoms with E-state index in [0.717, 1.165) is 37.3 Å². The molecule has 0 fully saturated rings. The minimum Gasteiger partial charge on any atom is -0.469 e. The number of carbonyl (C=O) groups excluding carboxylic acids is 1. The van der Waals surface area contributed by atoms with Crippen molar-refractivity contribution < 1.29 is 9.53 Å². The van der Waals surface area contributed by atoms with Gasteiger partial charge in [-0.3, -0.25) is 9.69 Å². The van der Waals surface area contributed by atoms with Crippen molar-refractivity contribution in [3.05, 3.63) is 29.8 Å². The second kappa shape index (κ2) is 7.71. The van der Waals surface area contributed by atoms with Crippen LogP contribution >= 0.6 is 0 Å². The largest absolute Gasteiger partial charge is 0.469 e. The number of ether oxygens (including phenoxy) is 1. The lowest BCUT2D eigenvalue weighted by Crippen LogP contribution is -2.25. The number of benzene rings is 1. The summed E-state index contributed by atoms with van der Waals surface area (Å²) in [7, 11) is 1.42. The molecule has 0 amide bonds. The third-order valence-corrected chi connectivity index (χ3v) is 2.98. The average Bonchev–Trinajstić information content (AvgIpc) is 2.39. The Morgan fingerprint density at radius 1 is 1.39 bits per heavy atom. The lowest BCUT2D eigenvalue weighted by Gasteiger charge is -2.21. The summed E-state index contributed by atoms with van der Waals surface area (Å²) in [5.74, 6) is -0.148. The summed E-state index contributed by atoms with van der Waals surface area (Å²) in [6.07, 6.45) is 1.28. The zero-order valence-electron chi connectivity index (χ0n) is 11.2. The maximum atomic E-state index is 11.0. The predicted molar refractivity (Wildman–Crippen MR) is 73.1 cm³/mol. The van der Waals surface area contributed by atoms with Gasteiger partial charge in [-0.2, -0.15) is 0 Å². The number of esters is 1. The molecular weight excluding hydrogens is 228 g/mol. The summed E-state index contributed by atoms with van der Waals surface area (Å²) in [5, 5.41) is 0. The van der Waals surface area contributed by atoms with E-state index in [0.29, 0.717) is 6.42 Å². The van der Waals surface area contributed by atoms with Crippen molar-refractivity contribution >= 4 is 11.7 Å². The first-order valence-electron chi connectivity index (χ1n) is 6.30. The van der Waals surface area contributed by atoms with Crippen LogP contribution in [0.4, 0.5) is 5.69 Å². The Morgan fingerprint density at radius 3 is 2.72 bits per heavy atom. The number of nitrogen functional groups attached to an aromatic ring is 1. The summed E-state index contributed by atoms with van der Waals surface area (Å²) in [5.41, 5.74) is 7.88. The summed E-state index contributed by atoms with van der Waals surface area (Å²) in [6, 6.07) is 7.89. The minimum absolute atomic E-state index is 0.148. The number of nitrogens with zero attached hydrogens (tertiary/aromatic N) is 1. The van der Waals surface area contributed by atoms with Crippen LogP contribution in [0.3, 0.4) is 0 Å². The molecule has 1 aromatic rings. The van der Waals surface area contributed by atoms with Gasteiger partial charge in [0.2, 0.25) is 0 Å². The molecule has 0 saturated heterocycles. The van der Waals surface area contributed by atoms with Gasteiger partial charge in [-0.05, 0) is 31.1 Å². The number of rotatable bonds is 7. The molecule has 100 valence electrons. The molecule has 0 unspecified atom stereocenters. The summed E-state index contributed by atoms with van der Waals surface area (Å²) in [4.78, 5) is 13.3. The Bertz CT molecular complexity index is 380. The van der Waals surface area contributed by atoms with E-state index in [1.165, 1.54) is 7.11 Å². The number of para-hydroxylation sites is 1. The van der Waals surface area contributed by atoms with Crippen LogP contribution in [-0.4, -0.2) is 31.1 Å². The van der Waals surface area contributed by atoms with E-state index in [4.69, 9.17) is 5.73 Å². The first kappa shape index (κ1) is 14.5. The molecule has 4 nitrogen and oxygen atoms in total. The molecule has 0 aliphatic heterocycles. The Kier molecular flexibility index (Phi) is 6.22. The number of hydrogen-bond donors (Lipinski definition) is 1. The predicted octanol–water partition coefficient (Wildman–Crippen LogP) is 2.04. The smallest absolute Gasteiger partial charge is 0.305 e. The zero-order chi connectivity index (χ0) is 13.4. The lowest BCUT2D eigenvalue weighted by atomic mass is 10.1. The number of anilines is 1. The quantitative estimate of drug-likeness (QED) is 0.594. The fourth-order valence-corrected chi connectivity index (χ4v) is 1.82. The van der Waals surface area contributed by atoms with Gasteiger partial charge in [0, 0.05) is 18.7 Å². The lowest BCUT2D eigenvalue weighted by molar-refractivity contribution is -0.140. The molecule has 0 aliphatic rings. The fraction of sp³-hybridized carbons (Fsp3) is 0.500. The van der Waals surface area contributed by atoms with Crippen molar-refractivity contribution in [1.29, 1.82) is 0 Å². The van der Waals surface area contributed by atoms with Crippen LogP contribution < -0.4 is 5.73 Å². The Balaban J connectivity index is 2.42. The van der Waals surface area contributed by atoms with Gasteiger partial charge in [0.1, 0.15) is 0 Å². The van der Waals surface area contributed by atoms with Gasteiger partial charge < -0.3 is 10.5 Å². The van der Waals surface area contributed by atoms with Gasteiger partial charge in [0.25, 0.3) is 0 Å². The molecule has 0 saturated carbocycles. The van der Waals surface area contributed by atoms with E-state index in [1.807, 2.05) is 24.3 Å². The number of hydrogen-bond acceptors (Lipinski definition) is 4. The molecular formula is C14H22N2O2. The monoisotopic (exact) mass is 250 g/mol. The van der Waals surface area contributed by atoms with E-state index >= 15 is 0 Å². The molecule has 4 heteroatoms. The van der Waals surface area contributed by atoms with Gasteiger partial charge in [-0.25, -0.2) is 0 Å². The Hall–Kier alpha value is -1.55. The van der Waals surface area contributed by atoms with Crippen LogP contribution in [0.25, 0.3) is 0 Å². The molecule has 2 N–H and O–H groups in total. The molecule has 0 radical (unpaired) electrons. The summed E-state index contributed by atoms with van der Waals surface area (Å²) >= 11 is 0. The SMILES string of the molecule is CCN(CCCC(=O)OC)Cc1ccccc1N. The van der Waals surface area contributed by atoms with Crippen LogP contribution in [0.15, 0.2) is 24.3 Å². The first-order chi connectivity index (χ1) is 8.67. The standard InChI is InChI=1S/C14H22N2O2/c1-3-16(10-6-9-14(17)18-2)11-12-7-4-5-8-13(12)15/h4-5,7-8H,3,6,9-11,15H2,1-2H3. The Labute approximate surface area is 109 Å².